The number of hydrogen-bond donors (Lipinski definition) is 1. The lowest BCUT2D eigenvalue weighted by Crippen LogP contribution is -2.44. The van der Waals surface area contributed by atoms with Crippen molar-refractivity contribution in [3.63, 3.8) is 0 Å². The van der Waals surface area contributed by atoms with Crippen LogP contribution in [0.2, 0.25) is 10.0 Å². The van der Waals surface area contributed by atoms with Crippen LogP contribution in [0.25, 0.3) is 0 Å². The normalized spacial score (nSPS) is 13.1. The van der Waals surface area contributed by atoms with Gasteiger partial charge < -0.3 is 29.2 Å². The second-order valence-electron chi connectivity index (χ2n) is 11.3. The standard InChI is InChI=1S/C35H39Cl2N3O6S/c1-35(24-9-7-6-8-10-24,34(42)45-16-15-40(2)3)22-39-19-25-12-14-32(47-25)33(41)46-30(18-26-27(36)20-38-21-28(26)37)23-11-13-29(43-4)31(17-23)44-5/h6-14,17,20-21,30,39H,15-16,18-19,22H2,1-5H3/p+1/t30-,35?/m0/s1. The molecular formula is C35H40Cl2N3O6S+. The third kappa shape index (κ3) is 9.46. The number of halogens is 2. The number of pyridine rings is 1. The summed E-state index contributed by atoms with van der Waals surface area (Å²) in [6, 6.07) is 18.5. The number of ether oxygens (including phenoxy) is 4. The predicted octanol–water partition coefficient (Wildman–Crippen LogP) is 6.18. The smallest absolute Gasteiger partial charge is 0.348 e. The van der Waals surface area contributed by atoms with E-state index in [-0.39, 0.29) is 12.4 Å². The molecule has 0 aliphatic heterocycles. The predicted molar refractivity (Wildman–Crippen MR) is 184 cm³/mol. The molecule has 12 heteroatoms. The van der Waals surface area contributed by atoms with E-state index in [1.54, 1.807) is 44.8 Å². The van der Waals surface area contributed by atoms with Crippen molar-refractivity contribution in [3.8, 4) is 11.5 Å². The largest absolute Gasteiger partial charge is 0.493 e. The molecule has 4 aromatic rings. The Hall–Kier alpha value is -3.67. The number of H-pyrrole nitrogens is 1. The Morgan fingerprint density at radius 3 is 2.34 bits per heavy atom. The number of carbonyl (C=O) groups excluding carboxylic acids is 2. The minimum atomic E-state index is -0.906. The fourth-order valence-corrected chi connectivity index (χ4v) is 6.31. The fraction of sp³-hybridized carbons (Fsp3) is 0.343. The molecule has 2 N–H and O–H groups in total. The van der Waals surface area contributed by atoms with Crippen LogP contribution >= 0.6 is 34.5 Å². The van der Waals surface area contributed by atoms with E-state index in [4.69, 9.17) is 42.1 Å². The third-order valence-electron chi connectivity index (χ3n) is 7.69. The molecule has 2 aromatic carbocycles. The molecular weight excluding hydrogens is 661 g/mol. The highest BCUT2D eigenvalue weighted by Gasteiger charge is 2.36. The van der Waals surface area contributed by atoms with Gasteiger partial charge in [0.25, 0.3) is 0 Å². The quantitative estimate of drug-likeness (QED) is 0.138. The van der Waals surface area contributed by atoms with Gasteiger partial charge in [-0.2, -0.15) is 0 Å². The van der Waals surface area contributed by atoms with Gasteiger partial charge in [0.05, 0.1) is 14.2 Å². The van der Waals surface area contributed by atoms with Crippen LogP contribution < -0.4 is 19.8 Å². The van der Waals surface area contributed by atoms with Crippen LogP contribution in [0.5, 0.6) is 11.5 Å². The van der Waals surface area contributed by atoms with Gasteiger partial charge in [0.2, 0.25) is 0 Å². The average molecular weight is 702 g/mol. The number of aromatic nitrogens is 1. The number of esters is 2. The molecule has 250 valence electrons. The molecule has 0 amide bonds. The Morgan fingerprint density at radius 1 is 0.979 bits per heavy atom. The lowest BCUT2D eigenvalue weighted by atomic mass is 9.82. The zero-order valence-corrected chi connectivity index (χ0v) is 29.4. The molecule has 0 saturated carbocycles. The van der Waals surface area contributed by atoms with Gasteiger partial charge in [-0.1, -0.05) is 59.6 Å². The molecule has 0 bridgehead atoms. The van der Waals surface area contributed by atoms with Gasteiger partial charge in [-0.25, -0.2) is 9.78 Å². The van der Waals surface area contributed by atoms with Gasteiger partial charge in [0, 0.05) is 36.5 Å². The molecule has 4 rings (SSSR count). The highest BCUT2D eigenvalue weighted by molar-refractivity contribution is 7.13. The number of nitrogens with zero attached hydrogens (tertiary/aromatic N) is 1. The average Bonchev–Trinajstić information content (AvgIpc) is 3.54. The first-order valence-electron chi connectivity index (χ1n) is 15.0. The fourth-order valence-electron chi connectivity index (χ4n) is 4.92. The van der Waals surface area contributed by atoms with Crippen LogP contribution in [-0.2, 0) is 32.6 Å². The van der Waals surface area contributed by atoms with Gasteiger partial charge >= 0.3 is 11.9 Å². The van der Waals surface area contributed by atoms with Gasteiger partial charge in [0.15, 0.2) is 23.9 Å². The number of rotatable bonds is 16. The Bertz CT molecular complexity index is 1630. The maximum Gasteiger partial charge on any atom is 0.348 e. The number of thiophene rings is 1. The van der Waals surface area contributed by atoms with Crippen LogP contribution in [0.3, 0.4) is 0 Å². The first-order valence-corrected chi connectivity index (χ1v) is 16.6. The van der Waals surface area contributed by atoms with Gasteiger partial charge in [-0.15, -0.1) is 11.3 Å². The monoisotopic (exact) mass is 700 g/mol. The first-order chi connectivity index (χ1) is 22.5. The topological polar surface area (TPSA) is 100 Å². The summed E-state index contributed by atoms with van der Waals surface area (Å²) in [4.78, 5) is 33.0. The summed E-state index contributed by atoms with van der Waals surface area (Å²) in [7, 11) is 6.96. The second-order valence-corrected chi connectivity index (χ2v) is 13.3. The van der Waals surface area contributed by atoms with E-state index in [1.807, 2.05) is 68.4 Å². The number of nitrogens with one attached hydrogen (secondary N) is 2. The Balaban J connectivity index is 1.48. The SMILES string of the molecule is COc1ccc([C@H](Cc2c(Cl)c[nH+]cc2Cl)OC(=O)c2ccc(CNCC(C)(C(=O)OCCN(C)C)c3ccccc3)s2)cc1OC. The van der Waals surface area contributed by atoms with Crippen molar-refractivity contribution in [1.82, 2.24) is 10.2 Å². The first kappa shape index (κ1) is 36.2. The number of carbonyl (C=O) groups is 2. The van der Waals surface area contributed by atoms with Crippen molar-refractivity contribution in [2.75, 3.05) is 48.0 Å². The van der Waals surface area contributed by atoms with Crippen molar-refractivity contribution in [1.29, 1.82) is 0 Å². The maximum absolute atomic E-state index is 13.5. The third-order valence-corrected chi connectivity index (χ3v) is 9.43. The Kier molecular flexibility index (Phi) is 13.0. The molecule has 0 spiro atoms. The maximum atomic E-state index is 13.5. The summed E-state index contributed by atoms with van der Waals surface area (Å²) in [5.41, 5.74) is 1.27. The van der Waals surface area contributed by atoms with E-state index in [1.165, 1.54) is 11.3 Å². The number of aromatic amines is 1. The number of benzene rings is 2. The van der Waals surface area contributed by atoms with Crippen molar-refractivity contribution in [3.05, 3.63) is 110 Å². The van der Waals surface area contributed by atoms with Crippen molar-refractivity contribution in [2.24, 2.45) is 0 Å². The molecule has 0 saturated heterocycles. The molecule has 0 aliphatic rings. The van der Waals surface area contributed by atoms with Crippen LogP contribution in [0.4, 0.5) is 0 Å². The molecule has 47 heavy (non-hydrogen) atoms. The minimum Gasteiger partial charge on any atom is -0.493 e. The van der Waals surface area contributed by atoms with Crippen molar-refractivity contribution < 1.29 is 33.5 Å². The van der Waals surface area contributed by atoms with Crippen LogP contribution in [-0.4, -0.2) is 64.8 Å². The summed E-state index contributed by atoms with van der Waals surface area (Å²) in [5.74, 6) is 0.256. The zero-order chi connectivity index (χ0) is 34.0. The van der Waals surface area contributed by atoms with E-state index < -0.39 is 17.5 Å². The van der Waals surface area contributed by atoms with Crippen molar-refractivity contribution in [2.45, 2.75) is 31.4 Å². The van der Waals surface area contributed by atoms with E-state index in [0.717, 1.165) is 10.4 Å². The van der Waals surface area contributed by atoms with Gasteiger partial charge in [0.1, 0.15) is 33.0 Å². The van der Waals surface area contributed by atoms with Crippen LogP contribution in [0, 0.1) is 0 Å². The van der Waals surface area contributed by atoms with Crippen molar-refractivity contribution >= 4 is 46.5 Å². The Morgan fingerprint density at radius 2 is 1.68 bits per heavy atom. The molecule has 2 heterocycles. The summed E-state index contributed by atoms with van der Waals surface area (Å²) < 4.78 is 22.6. The second kappa shape index (κ2) is 16.9. The lowest BCUT2D eigenvalue weighted by Gasteiger charge is -2.28. The highest BCUT2D eigenvalue weighted by atomic mass is 35.5. The zero-order valence-electron chi connectivity index (χ0n) is 27.1. The molecule has 2 aromatic heterocycles. The van der Waals surface area contributed by atoms with E-state index >= 15 is 0 Å². The van der Waals surface area contributed by atoms with Gasteiger partial charge in [-0.3, -0.25) is 4.79 Å². The summed E-state index contributed by atoms with van der Waals surface area (Å²) in [5, 5.41) is 4.24. The number of hydrogen-bond acceptors (Lipinski definition) is 9. The summed E-state index contributed by atoms with van der Waals surface area (Å²) in [6.07, 6.45) is 2.76. The van der Waals surface area contributed by atoms with Crippen LogP contribution in [0.1, 0.15) is 44.3 Å². The van der Waals surface area contributed by atoms with Gasteiger partial charge in [-0.05, 0) is 56.4 Å². The molecule has 9 nitrogen and oxygen atoms in total. The minimum absolute atomic E-state index is 0.232. The lowest BCUT2D eigenvalue weighted by molar-refractivity contribution is -0.377. The molecule has 0 radical (unpaired) electrons. The molecule has 0 aliphatic carbocycles. The summed E-state index contributed by atoms with van der Waals surface area (Å²) >= 11 is 14.2. The molecule has 2 atom stereocenters. The molecule has 1 unspecified atom stereocenters. The van der Waals surface area contributed by atoms with E-state index in [0.29, 0.717) is 63.8 Å². The van der Waals surface area contributed by atoms with Crippen LogP contribution in [0.15, 0.2) is 73.1 Å². The Labute approximate surface area is 289 Å². The number of likely N-dealkylation sites (N-methyl/N-ethyl adjacent to an activating group) is 1. The highest BCUT2D eigenvalue weighted by Crippen LogP contribution is 2.36. The van der Waals surface area contributed by atoms with E-state index in [2.05, 4.69) is 10.3 Å². The molecule has 0 fully saturated rings. The van der Waals surface area contributed by atoms with E-state index in [9.17, 15) is 9.59 Å². The number of methoxy groups -OCH3 is 2. The summed E-state index contributed by atoms with van der Waals surface area (Å²) in [6.45, 7) is 3.59.